The van der Waals surface area contributed by atoms with Gasteiger partial charge in [0, 0.05) is 13.1 Å². The molecule has 16 heavy (non-hydrogen) atoms. The summed E-state index contributed by atoms with van der Waals surface area (Å²) in [5, 5.41) is 0. The summed E-state index contributed by atoms with van der Waals surface area (Å²) in [6.45, 7) is 10.1. The summed E-state index contributed by atoms with van der Waals surface area (Å²) in [5.74, 6) is 0.866. The molecule has 0 bridgehead atoms. The number of nitrogens with zero attached hydrogens (tertiary/aromatic N) is 1. The van der Waals surface area contributed by atoms with Crippen molar-refractivity contribution in [2.24, 2.45) is 17.1 Å². The van der Waals surface area contributed by atoms with Crippen molar-refractivity contribution in [3.63, 3.8) is 0 Å². The first kappa shape index (κ1) is 13.5. The molecule has 0 spiro atoms. The zero-order chi connectivity index (χ0) is 12.3. The Morgan fingerprint density at radius 1 is 1.31 bits per heavy atom. The van der Waals surface area contributed by atoms with Gasteiger partial charge in [-0.25, -0.2) is 0 Å². The second kappa shape index (κ2) is 5.17. The Morgan fingerprint density at radius 2 is 1.94 bits per heavy atom. The minimum Gasteiger partial charge on any atom is -0.341 e. The summed E-state index contributed by atoms with van der Waals surface area (Å²) in [7, 11) is 0. The highest BCUT2D eigenvalue weighted by atomic mass is 16.2. The molecule has 1 rings (SSSR count). The number of nitrogens with two attached hydrogens (primary N) is 1. The second-order valence-electron chi connectivity index (χ2n) is 6.21. The van der Waals surface area contributed by atoms with E-state index in [0.717, 1.165) is 31.8 Å². The third kappa shape index (κ3) is 3.48. The van der Waals surface area contributed by atoms with Gasteiger partial charge in [0.2, 0.25) is 5.91 Å². The molecule has 2 N–H and O–H groups in total. The van der Waals surface area contributed by atoms with E-state index in [1.807, 2.05) is 25.7 Å². The molecule has 1 heterocycles. The molecule has 0 aromatic rings. The molecule has 1 unspecified atom stereocenters. The number of carbonyl (C=O) groups excluding carboxylic acids is 1. The fourth-order valence-corrected chi connectivity index (χ4v) is 2.05. The Morgan fingerprint density at radius 3 is 2.50 bits per heavy atom. The van der Waals surface area contributed by atoms with Gasteiger partial charge >= 0.3 is 0 Å². The third-order valence-electron chi connectivity index (χ3n) is 3.53. The van der Waals surface area contributed by atoms with E-state index >= 15 is 0 Å². The van der Waals surface area contributed by atoms with Crippen LogP contribution in [0.5, 0.6) is 0 Å². The second-order valence-corrected chi connectivity index (χ2v) is 6.21. The van der Waals surface area contributed by atoms with E-state index < -0.39 is 0 Å². The van der Waals surface area contributed by atoms with Gasteiger partial charge in [-0.1, -0.05) is 27.7 Å². The van der Waals surface area contributed by atoms with Crippen LogP contribution in [0.3, 0.4) is 0 Å². The predicted octanol–water partition coefficient (Wildman–Crippen LogP) is 2.01. The average Bonchev–Trinajstić information content (AvgIpc) is 2.39. The normalized spacial score (nSPS) is 25.1. The lowest BCUT2D eigenvalue weighted by Crippen LogP contribution is -2.50. The van der Waals surface area contributed by atoms with Crippen LogP contribution in [0, 0.1) is 11.3 Å². The average molecular weight is 226 g/mol. The maximum absolute atomic E-state index is 12.2. The zero-order valence-electron chi connectivity index (χ0n) is 11.1. The van der Waals surface area contributed by atoms with Gasteiger partial charge in [-0.05, 0) is 30.6 Å². The lowest BCUT2D eigenvalue weighted by molar-refractivity contribution is -0.134. The molecule has 0 aromatic carbocycles. The molecule has 94 valence electrons. The Labute approximate surface area is 99.4 Å². The highest BCUT2D eigenvalue weighted by Gasteiger charge is 2.31. The monoisotopic (exact) mass is 226 g/mol. The molecule has 1 amide bonds. The van der Waals surface area contributed by atoms with Gasteiger partial charge in [0.25, 0.3) is 0 Å². The first-order valence-electron chi connectivity index (χ1n) is 6.36. The molecule has 3 heteroatoms. The van der Waals surface area contributed by atoms with Crippen molar-refractivity contribution in [2.45, 2.75) is 53.0 Å². The standard InChI is InChI=1S/C13H26N2O/c1-10-6-5-8-15(9-7-10)12(16)11(14)13(2,3)4/h10-11H,5-9,14H2,1-4H3/t10?,11-/m0/s1. The summed E-state index contributed by atoms with van der Waals surface area (Å²) in [5.41, 5.74) is 5.88. The van der Waals surface area contributed by atoms with Gasteiger partial charge in [-0.2, -0.15) is 0 Å². The van der Waals surface area contributed by atoms with Gasteiger partial charge < -0.3 is 10.6 Å². The fraction of sp³-hybridized carbons (Fsp3) is 0.923. The van der Waals surface area contributed by atoms with Gasteiger partial charge in [0.15, 0.2) is 0 Å². The molecule has 0 aliphatic carbocycles. The first-order valence-corrected chi connectivity index (χ1v) is 6.36. The number of amides is 1. The lowest BCUT2D eigenvalue weighted by Gasteiger charge is -2.31. The molecule has 3 nitrogen and oxygen atoms in total. The first-order chi connectivity index (χ1) is 7.32. The summed E-state index contributed by atoms with van der Waals surface area (Å²) < 4.78 is 0. The summed E-state index contributed by atoms with van der Waals surface area (Å²) in [6, 6.07) is -0.374. The van der Waals surface area contributed by atoms with Crippen molar-refractivity contribution in [2.75, 3.05) is 13.1 Å². The molecule has 0 aromatic heterocycles. The van der Waals surface area contributed by atoms with Crippen molar-refractivity contribution >= 4 is 5.91 Å². The molecule has 0 radical (unpaired) electrons. The topological polar surface area (TPSA) is 46.3 Å². The molecule has 1 saturated heterocycles. The van der Waals surface area contributed by atoms with Crippen LogP contribution in [0.1, 0.15) is 47.0 Å². The third-order valence-corrected chi connectivity index (χ3v) is 3.53. The van der Waals surface area contributed by atoms with E-state index in [9.17, 15) is 4.79 Å². The molecular weight excluding hydrogens is 200 g/mol. The largest absolute Gasteiger partial charge is 0.341 e. The van der Waals surface area contributed by atoms with Crippen molar-refractivity contribution in [1.29, 1.82) is 0 Å². The SMILES string of the molecule is CC1CCCN(C(=O)[C@H](N)C(C)(C)C)CC1. The van der Waals surface area contributed by atoms with Crippen LogP contribution >= 0.6 is 0 Å². The van der Waals surface area contributed by atoms with Crippen LogP contribution in [0.2, 0.25) is 0 Å². The van der Waals surface area contributed by atoms with Crippen LogP contribution in [-0.4, -0.2) is 29.9 Å². The number of rotatable bonds is 1. The quantitative estimate of drug-likeness (QED) is 0.743. The van der Waals surface area contributed by atoms with E-state index in [4.69, 9.17) is 5.73 Å². The van der Waals surface area contributed by atoms with Gasteiger partial charge in [-0.15, -0.1) is 0 Å². The van der Waals surface area contributed by atoms with Crippen LogP contribution in [0.4, 0.5) is 0 Å². The molecule has 1 fully saturated rings. The number of hydrogen-bond donors (Lipinski definition) is 1. The van der Waals surface area contributed by atoms with Crippen LogP contribution in [0.25, 0.3) is 0 Å². The smallest absolute Gasteiger partial charge is 0.240 e. The summed E-state index contributed by atoms with van der Waals surface area (Å²) in [6.07, 6.45) is 3.46. The minimum atomic E-state index is -0.374. The van der Waals surface area contributed by atoms with E-state index in [1.54, 1.807) is 0 Å². The molecule has 0 saturated carbocycles. The van der Waals surface area contributed by atoms with Crippen LogP contribution in [-0.2, 0) is 4.79 Å². The minimum absolute atomic E-state index is 0.126. The highest BCUT2D eigenvalue weighted by Crippen LogP contribution is 2.22. The number of likely N-dealkylation sites (tertiary alicyclic amines) is 1. The molecular formula is C13H26N2O. The van der Waals surface area contributed by atoms with E-state index in [-0.39, 0.29) is 17.4 Å². The van der Waals surface area contributed by atoms with Crippen molar-refractivity contribution in [3.8, 4) is 0 Å². The van der Waals surface area contributed by atoms with Crippen LogP contribution in [0.15, 0.2) is 0 Å². The van der Waals surface area contributed by atoms with Crippen molar-refractivity contribution in [3.05, 3.63) is 0 Å². The zero-order valence-corrected chi connectivity index (χ0v) is 11.1. The van der Waals surface area contributed by atoms with Gasteiger partial charge in [0.05, 0.1) is 6.04 Å². The summed E-state index contributed by atoms with van der Waals surface area (Å²) in [4.78, 5) is 14.2. The highest BCUT2D eigenvalue weighted by molar-refractivity contribution is 5.82. The maximum atomic E-state index is 12.2. The van der Waals surface area contributed by atoms with E-state index in [1.165, 1.54) is 6.42 Å². The molecule has 1 aliphatic rings. The Balaban J connectivity index is 2.60. The lowest BCUT2D eigenvalue weighted by atomic mass is 9.86. The van der Waals surface area contributed by atoms with E-state index in [0.29, 0.717) is 0 Å². The molecule has 1 aliphatic heterocycles. The van der Waals surface area contributed by atoms with Gasteiger partial charge in [0.1, 0.15) is 0 Å². The maximum Gasteiger partial charge on any atom is 0.240 e. The Bertz CT molecular complexity index is 245. The molecule has 2 atom stereocenters. The fourth-order valence-electron chi connectivity index (χ4n) is 2.05. The number of hydrogen-bond acceptors (Lipinski definition) is 2. The Kier molecular flexibility index (Phi) is 4.36. The van der Waals surface area contributed by atoms with Crippen molar-refractivity contribution in [1.82, 2.24) is 4.90 Å². The number of carbonyl (C=O) groups is 1. The van der Waals surface area contributed by atoms with Crippen molar-refractivity contribution < 1.29 is 4.79 Å². The predicted molar refractivity (Wildman–Crippen MR) is 67.0 cm³/mol. The van der Waals surface area contributed by atoms with Crippen LogP contribution < -0.4 is 5.73 Å². The summed E-state index contributed by atoms with van der Waals surface area (Å²) >= 11 is 0. The van der Waals surface area contributed by atoms with E-state index in [2.05, 4.69) is 6.92 Å². The van der Waals surface area contributed by atoms with Gasteiger partial charge in [-0.3, -0.25) is 4.79 Å². The Hall–Kier alpha value is -0.570.